The lowest BCUT2D eigenvalue weighted by Crippen LogP contribution is -2.34. The third kappa shape index (κ3) is 10.3. The predicted octanol–water partition coefficient (Wildman–Crippen LogP) is 9.73. The van der Waals surface area contributed by atoms with Crippen LogP contribution in [0.25, 0.3) is 0 Å². The first kappa shape index (κ1) is 36.7. The molecule has 0 saturated carbocycles. The molecule has 2 rings (SSSR count). The lowest BCUT2D eigenvalue weighted by Gasteiger charge is -2.34. The number of amides is 1. The number of benzene rings is 1. The number of ether oxygens (including phenoxy) is 2. The number of carbonyl (C=O) groups is 2. The molecular formula is C34H51N5O4S. The third-order valence-electron chi connectivity index (χ3n) is 7.94. The van der Waals surface area contributed by atoms with Crippen molar-refractivity contribution in [1.82, 2.24) is 0 Å². The topological polar surface area (TPSA) is 116 Å². The van der Waals surface area contributed by atoms with Crippen LogP contribution in [0.15, 0.2) is 22.4 Å². The maximum Gasteiger partial charge on any atom is 0.348 e. The molecule has 0 aliphatic heterocycles. The molecule has 9 nitrogen and oxygen atoms in total. The van der Waals surface area contributed by atoms with E-state index in [1.54, 1.807) is 27.0 Å². The van der Waals surface area contributed by atoms with Crippen LogP contribution >= 0.6 is 11.3 Å². The van der Waals surface area contributed by atoms with E-state index in [0.29, 0.717) is 44.4 Å². The Kier molecular flexibility index (Phi) is 15.9. The van der Waals surface area contributed by atoms with Gasteiger partial charge in [-0.1, -0.05) is 66.2 Å². The molecule has 10 heteroatoms. The molecule has 44 heavy (non-hydrogen) atoms. The zero-order chi connectivity index (χ0) is 32.6. The van der Waals surface area contributed by atoms with E-state index in [4.69, 9.17) is 9.47 Å². The summed E-state index contributed by atoms with van der Waals surface area (Å²) in [4.78, 5) is 27.5. The second-order valence-electron chi connectivity index (χ2n) is 11.2. The van der Waals surface area contributed by atoms with E-state index in [-0.39, 0.29) is 18.1 Å². The van der Waals surface area contributed by atoms with Crippen molar-refractivity contribution >= 4 is 45.3 Å². The zero-order valence-corrected chi connectivity index (χ0v) is 28.7. The highest BCUT2D eigenvalue weighted by Crippen LogP contribution is 2.42. The maximum atomic E-state index is 12.4. The largest absolute Gasteiger partial charge is 0.494 e. The van der Waals surface area contributed by atoms with E-state index in [1.165, 1.54) is 32.6 Å². The molecule has 0 spiro atoms. The number of esters is 1. The number of rotatable bonds is 19. The summed E-state index contributed by atoms with van der Waals surface area (Å²) in [5, 5.41) is 21.9. The first-order valence-corrected chi connectivity index (χ1v) is 16.9. The highest BCUT2D eigenvalue weighted by Gasteiger charge is 2.24. The quantitative estimate of drug-likeness (QED) is 0.123. The second-order valence-corrected chi connectivity index (χ2v) is 12.2. The van der Waals surface area contributed by atoms with Gasteiger partial charge >= 0.3 is 5.97 Å². The fraction of sp³-hybridized carbons (Fsp3) is 0.618. The standard InChI is InChI=1S/C34H51N5O4S/c1-9-14-16-25(11-3)21-39(22-26(12-4)17-15-10-2)30-18-28(36-24(7)40)29(19-31(30)42-8)37-38-33-27(20-35)23(6)32(44-33)34(41)43-13-5/h18-19,25-26H,9-17,21-22H2,1-8H3,(H,36,40). The smallest absolute Gasteiger partial charge is 0.348 e. The van der Waals surface area contributed by atoms with Crippen molar-refractivity contribution in [3.05, 3.63) is 28.1 Å². The van der Waals surface area contributed by atoms with Gasteiger partial charge in [0.25, 0.3) is 0 Å². The Labute approximate surface area is 268 Å². The first-order chi connectivity index (χ1) is 21.2. The third-order valence-corrected chi connectivity index (χ3v) is 9.10. The number of azo groups is 1. The molecule has 0 aliphatic carbocycles. The van der Waals surface area contributed by atoms with Gasteiger partial charge in [0.1, 0.15) is 22.4 Å². The van der Waals surface area contributed by atoms with Gasteiger partial charge in [-0.2, -0.15) is 5.26 Å². The number of hydrogen-bond donors (Lipinski definition) is 1. The SMILES string of the molecule is CCCCC(CC)CN(CC(CC)CCCC)c1cc(NC(C)=O)c(N=Nc2sc(C(=O)OCC)c(C)c2C#N)cc1OC. The van der Waals surface area contributed by atoms with E-state index in [9.17, 15) is 14.9 Å². The summed E-state index contributed by atoms with van der Waals surface area (Å²) in [5.74, 6) is 0.978. The van der Waals surface area contributed by atoms with Gasteiger partial charge in [0.15, 0.2) is 5.00 Å². The van der Waals surface area contributed by atoms with Crippen LogP contribution in [0.5, 0.6) is 5.75 Å². The number of nitrogens with zero attached hydrogens (tertiary/aromatic N) is 4. The summed E-state index contributed by atoms with van der Waals surface area (Å²) in [7, 11) is 1.64. The summed E-state index contributed by atoms with van der Waals surface area (Å²) in [5.41, 5.74) is 2.59. The lowest BCUT2D eigenvalue weighted by atomic mass is 9.95. The summed E-state index contributed by atoms with van der Waals surface area (Å²) in [6.07, 6.45) is 9.22. The molecule has 1 heterocycles. The fourth-order valence-corrected chi connectivity index (χ4v) is 6.23. The van der Waals surface area contributed by atoms with E-state index in [2.05, 4.69) is 54.2 Å². The highest BCUT2D eigenvalue weighted by molar-refractivity contribution is 7.18. The molecule has 2 unspecified atom stereocenters. The molecule has 1 aromatic heterocycles. The van der Waals surface area contributed by atoms with Gasteiger partial charge in [0.2, 0.25) is 5.91 Å². The molecule has 242 valence electrons. The fourth-order valence-electron chi connectivity index (χ4n) is 5.26. The Hall–Kier alpha value is -3.45. The zero-order valence-electron chi connectivity index (χ0n) is 27.9. The maximum absolute atomic E-state index is 12.4. The van der Waals surface area contributed by atoms with E-state index in [1.807, 2.05) is 6.07 Å². The van der Waals surface area contributed by atoms with Gasteiger partial charge in [0, 0.05) is 26.1 Å². The Balaban J connectivity index is 2.64. The summed E-state index contributed by atoms with van der Waals surface area (Å²) < 4.78 is 11.1. The average molecular weight is 626 g/mol. The van der Waals surface area contributed by atoms with Crippen LogP contribution in [0.3, 0.4) is 0 Å². The van der Waals surface area contributed by atoms with Crippen LogP contribution in [0.4, 0.5) is 22.1 Å². The van der Waals surface area contributed by atoms with Crippen LogP contribution in [0, 0.1) is 30.1 Å². The molecule has 0 bridgehead atoms. The number of hydrogen-bond acceptors (Lipinski definition) is 9. The van der Waals surface area contributed by atoms with Crippen LogP contribution in [-0.2, 0) is 9.53 Å². The van der Waals surface area contributed by atoms with Crippen molar-refractivity contribution in [2.75, 3.05) is 37.0 Å². The van der Waals surface area contributed by atoms with Crippen LogP contribution in [-0.4, -0.2) is 38.7 Å². The normalized spacial score (nSPS) is 12.5. The molecule has 0 radical (unpaired) electrons. The van der Waals surface area contributed by atoms with Gasteiger partial charge in [-0.3, -0.25) is 4.79 Å². The molecule has 0 saturated heterocycles. The Bertz CT molecular complexity index is 1280. The number of unbranched alkanes of at least 4 members (excludes halogenated alkanes) is 2. The van der Waals surface area contributed by atoms with Crippen molar-refractivity contribution in [1.29, 1.82) is 5.26 Å². The molecule has 2 aromatic rings. The summed E-state index contributed by atoms with van der Waals surface area (Å²) in [6, 6.07) is 5.86. The van der Waals surface area contributed by atoms with Gasteiger partial charge in [-0.15, -0.1) is 21.6 Å². The predicted molar refractivity (Wildman–Crippen MR) is 180 cm³/mol. The van der Waals surface area contributed by atoms with Gasteiger partial charge in [0.05, 0.1) is 30.7 Å². The van der Waals surface area contributed by atoms with Gasteiger partial charge < -0.3 is 19.7 Å². The van der Waals surface area contributed by atoms with Gasteiger partial charge in [-0.25, -0.2) is 4.79 Å². The Morgan fingerprint density at radius 2 is 1.64 bits per heavy atom. The monoisotopic (exact) mass is 625 g/mol. The summed E-state index contributed by atoms with van der Waals surface area (Å²) in [6.45, 7) is 15.9. The minimum atomic E-state index is -0.494. The molecular weight excluding hydrogens is 574 g/mol. The average Bonchev–Trinajstić information content (AvgIpc) is 3.34. The first-order valence-electron chi connectivity index (χ1n) is 16.0. The van der Waals surface area contributed by atoms with Crippen molar-refractivity contribution < 1.29 is 19.1 Å². The molecule has 1 N–H and O–H groups in total. The Morgan fingerprint density at radius 1 is 1.02 bits per heavy atom. The van der Waals surface area contributed by atoms with Crippen molar-refractivity contribution in [3.63, 3.8) is 0 Å². The van der Waals surface area contributed by atoms with E-state index >= 15 is 0 Å². The van der Waals surface area contributed by atoms with Crippen LogP contribution < -0.4 is 15.0 Å². The second kappa shape index (κ2) is 19.0. The Morgan fingerprint density at radius 3 is 2.11 bits per heavy atom. The molecule has 1 amide bonds. The van der Waals surface area contributed by atoms with Crippen molar-refractivity contribution in [2.24, 2.45) is 22.1 Å². The molecule has 0 aliphatic rings. The van der Waals surface area contributed by atoms with Crippen molar-refractivity contribution in [3.8, 4) is 11.8 Å². The number of methoxy groups -OCH3 is 1. The molecule has 2 atom stereocenters. The number of nitrogens with one attached hydrogen (secondary N) is 1. The highest BCUT2D eigenvalue weighted by atomic mass is 32.1. The molecule has 1 aromatic carbocycles. The summed E-state index contributed by atoms with van der Waals surface area (Å²) >= 11 is 1.06. The van der Waals surface area contributed by atoms with E-state index in [0.717, 1.165) is 55.8 Å². The number of thiophene rings is 1. The minimum absolute atomic E-state index is 0.230. The van der Waals surface area contributed by atoms with E-state index < -0.39 is 5.97 Å². The lowest BCUT2D eigenvalue weighted by molar-refractivity contribution is -0.114. The minimum Gasteiger partial charge on any atom is -0.494 e. The van der Waals surface area contributed by atoms with Crippen LogP contribution in [0.2, 0.25) is 0 Å². The van der Waals surface area contributed by atoms with Gasteiger partial charge in [-0.05, 0) is 50.2 Å². The van der Waals surface area contributed by atoms with Crippen molar-refractivity contribution in [2.45, 2.75) is 99.8 Å². The number of carbonyl (C=O) groups excluding carboxylic acids is 2. The number of anilines is 2. The number of nitriles is 1. The molecule has 0 fully saturated rings. The van der Waals surface area contributed by atoms with Crippen LogP contribution in [0.1, 0.15) is 114 Å².